The molecule has 4 rings (SSSR count). The fourth-order valence-corrected chi connectivity index (χ4v) is 3.05. The molecule has 2 N–H and O–H groups in total. The van der Waals surface area contributed by atoms with E-state index in [1.165, 1.54) is 12.1 Å². The summed E-state index contributed by atoms with van der Waals surface area (Å²) in [5.74, 6) is 1.02. The van der Waals surface area contributed by atoms with Crippen LogP contribution in [0.1, 0.15) is 0 Å². The Morgan fingerprint density at radius 1 is 0.931 bits per heavy atom. The van der Waals surface area contributed by atoms with E-state index in [2.05, 4.69) is 30.7 Å². The zero-order valence-corrected chi connectivity index (χ0v) is 15.6. The molecule has 0 unspecified atom stereocenters. The van der Waals surface area contributed by atoms with Gasteiger partial charge >= 0.3 is 6.03 Å². The minimum atomic E-state index is -0.381. The summed E-state index contributed by atoms with van der Waals surface area (Å²) in [4.78, 5) is 20.1. The average molecular weight is 393 g/mol. The van der Waals surface area contributed by atoms with Gasteiger partial charge in [0.1, 0.15) is 5.82 Å². The number of hydrogen-bond donors (Lipinski definition) is 2. The molecular weight excluding hydrogens is 373 g/mol. The number of carbonyl (C=O) groups is 1. The maximum atomic E-state index is 13.3. The van der Waals surface area contributed by atoms with Crippen molar-refractivity contribution >= 4 is 29.0 Å². The van der Waals surface area contributed by atoms with Crippen molar-refractivity contribution in [2.75, 3.05) is 41.7 Å². The van der Waals surface area contributed by atoms with Gasteiger partial charge in [-0.15, -0.1) is 10.2 Å². The molecule has 1 fully saturated rings. The third-order valence-corrected chi connectivity index (χ3v) is 4.57. The molecule has 2 amide bonds. The summed E-state index contributed by atoms with van der Waals surface area (Å²) in [5, 5.41) is 14.4. The Bertz CT molecular complexity index is 960. The molecule has 0 radical (unpaired) electrons. The van der Waals surface area contributed by atoms with Crippen LogP contribution in [-0.4, -0.2) is 52.3 Å². The van der Waals surface area contributed by atoms with E-state index >= 15 is 0 Å². The van der Waals surface area contributed by atoms with Crippen LogP contribution in [0.4, 0.5) is 32.2 Å². The molecule has 8 nitrogen and oxygen atoms in total. The first-order valence-corrected chi connectivity index (χ1v) is 9.24. The highest BCUT2D eigenvalue weighted by atomic mass is 19.1. The van der Waals surface area contributed by atoms with Crippen LogP contribution in [0.25, 0.3) is 0 Å². The van der Waals surface area contributed by atoms with Gasteiger partial charge in [0.25, 0.3) is 0 Å². The molecule has 2 aromatic heterocycles. The minimum Gasteiger partial charge on any atom is -0.352 e. The van der Waals surface area contributed by atoms with Gasteiger partial charge in [-0.1, -0.05) is 6.07 Å². The molecular formula is C20H20FN7O. The summed E-state index contributed by atoms with van der Waals surface area (Å²) in [7, 11) is 0. The monoisotopic (exact) mass is 393 g/mol. The van der Waals surface area contributed by atoms with Gasteiger partial charge in [-0.05, 0) is 42.5 Å². The van der Waals surface area contributed by atoms with E-state index in [0.717, 1.165) is 11.5 Å². The lowest BCUT2D eigenvalue weighted by atomic mass is 10.3. The number of halogens is 1. The maximum absolute atomic E-state index is 13.3. The van der Waals surface area contributed by atoms with Crippen LogP contribution in [0.15, 0.2) is 60.9 Å². The maximum Gasteiger partial charge on any atom is 0.321 e. The van der Waals surface area contributed by atoms with Crippen molar-refractivity contribution in [2.45, 2.75) is 0 Å². The van der Waals surface area contributed by atoms with E-state index in [-0.39, 0.29) is 11.8 Å². The lowest BCUT2D eigenvalue weighted by Crippen LogP contribution is -2.50. The Labute approximate surface area is 167 Å². The number of nitrogens with zero attached hydrogens (tertiary/aromatic N) is 5. The fourth-order valence-electron chi connectivity index (χ4n) is 3.05. The van der Waals surface area contributed by atoms with Crippen LogP contribution < -0.4 is 15.5 Å². The largest absolute Gasteiger partial charge is 0.352 e. The first-order chi connectivity index (χ1) is 14.2. The van der Waals surface area contributed by atoms with E-state index in [0.29, 0.717) is 37.7 Å². The van der Waals surface area contributed by atoms with Gasteiger partial charge in [0.15, 0.2) is 11.6 Å². The third-order valence-electron chi connectivity index (χ3n) is 4.57. The number of urea groups is 1. The zero-order chi connectivity index (χ0) is 20.1. The van der Waals surface area contributed by atoms with E-state index in [4.69, 9.17) is 0 Å². The van der Waals surface area contributed by atoms with E-state index in [1.54, 1.807) is 29.4 Å². The van der Waals surface area contributed by atoms with Gasteiger partial charge in [-0.3, -0.25) is 4.98 Å². The molecule has 3 heterocycles. The average Bonchev–Trinajstić information content (AvgIpc) is 2.75. The molecule has 0 bridgehead atoms. The van der Waals surface area contributed by atoms with Crippen molar-refractivity contribution < 1.29 is 9.18 Å². The van der Waals surface area contributed by atoms with Crippen molar-refractivity contribution in [1.82, 2.24) is 20.1 Å². The van der Waals surface area contributed by atoms with Crippen molar-refractivity contribution in [2.24, 2.45) is 0 Å². The van der Waals surface area contributed by atoms with Crippen LogP contribution in [-0.2, 0) is 0 Å². The highest BCUT2D eigenvalue weighted by Gasteiger charge is 2.22. The highest BCUT2D eigenvalue weighted by molar-refractivity contribution is 5.89. The molecule has 1 aliphatic rings. The highest BCUT2D eigenvalue weighted by Crippen LogP contribution is 2.18. The Hall–Kier alpha value is -3.75. The van der Waals surface area contributed by atoms with Gasteiger partial charge in [-0.25, -0.2) is 9.18 Å². The number of carbonyl (C=O) groups excluding carboxylic acids is 1. The third kappa shape index (κ3) is 4.75. The first kappa shape index (κ1) is 18.6. The standard InChI is InChI=1S/C20H20FN7O/c21-15-2-1-3-17(14-15)24-20(29)28-12-10-27(11-13-28)19-5-4-18(25-26-19)23-16-6-8-22-9-7-16/h1-9,14H,10-13H2,(H,24,29)(H,22,23,25). The Kier molecular flexibility index (Phi) is 5.46. The number of benzene rings is 1. The van der Waals surface area contributed by atoms with Gasteiger partial charge in [0, 0.05) is 49.9 Å². The van der Waals surface area contributed by atoms with Gasteiger partial charge < -0.3 is 20.4 Å². The molecule has 1 aliphatic heterocycles. The van der Waals surface area contributed by atoms with Gasteiger partial charge in [0.05, 0.1) is 0 Å². The number of aromatic nitrogens is 3. The van der Waals surface area contributed by atoms with Crippen LogP contribution in [0.2, 0.25) is 0 Å². The normalized spacial score (nSPS) is 13.8. The number of pyridine rings is 1. The second kappa shape index (κ2) is 8.51. The van der Waals surface area contributed by atoms with Crippen LogP contribution in [0.5, 0.6) is 0 Å². The van der Waals surface area contributed by atoms with E-state index < -0.39 is 0 Å². The Balaban J connectivity index is 1.30. The SMILES string of the molecule is O=C(Nc1cccc(F)c1)N1CCN(c2ccc(Nc3ccncc3)nn2)CC1. The van der Waals surface area contributed by atoms with Crippen LogP contribution in [0, 0.1) is 5.82 Å². The van der Waals surface area contributed by atoms with Crippen LogP contribution >= 0.6 is 0 Å². The molecule has 148 valence electrons. The summed E-state index contributed by atoms with van der Waals surface area (Å²) >= 11 is 0. The molecule has 1 aromatic carbocycles. The number of anilines is 4. The molecule has 29 heavy (non-hydrogen) atoms. The predicted molar refractivity (Wildman–Crippen MR) is 109 cm³/mol. The second-order valence-electron chi connectivity index (χ2n) is 6.55. The smallest absolute Gasteiger partial charge is 0.321 e. The lowest BCUT2D eigenvalue weighted by molar-refractivity contribution is 0.208. The molecule has 0 atom stereocenters. The lowest BCUT2D eigenvalue weighted by Gasteiger charge is -2.35. The van der Waals surface area contributed by atoms with Gasteiger partial charge in [-0.2, -0.15) is 0 Å². The quantitative estimate of drug-likeness (QED) is 0.708. The number of amides is 2. The molecule has 0 spiro atoms. The Morgan fingerprint density at radius 3 is 2.41 bits per heavy atom. The zero-order valence-electron chi connectivity index (χ0n) is 15.6. The topological polar surface area (TPSA) is 86.3 Å². The number of hydrogen-bond acceptors (Lipinski definition) is 6. The summed E-state index contributed by atoms with van der Waals surface area (Å²) in [5.41, 5.74) is 1.33. The number of rotatable bonds is 4. The molecule has 1 saturated heterocycles. The van der Waals surface area contributed by atoms with Gasteiger partial charge in [0.2, 0.25) is 0 Å². The molecule has 0 aliphatic carbocycles. The van der Waals surface area contributed by atoms with Crippen molar-refractivity contribution in [1.29, 1.82) is 0 Å². The predicted octanol–water partition coefficient (Wildman–Crippen LogP) is 3.11. The summed E-state index contributed by atoms with van der Waals surface area (Å²) < 4.78 is 13.3. The molecule has 0 saturated carbocycles. The van der Waals surface area contributed by atoms with E-state index in [1.807, 2.05) is 24.3 Å². The molecule has 9 heteroatoms. The summed E-state index contributed by atoms with van der Waals surface area (Å²) in [6.07, 6.45) is 3.40. The van der Waals surface area contributed by atoms with Crippen molar-refractivity contribution in [3.8, 4) is 0 Å². The first-order valence-electron chi connectivity index (χ1n) is 9.24. The summed E-state index contributed by atoms with van der Waals surface area (Å²) in [6, 6.07) is 13.1. The Morgan fingerprint density at radius 2 is 1.72 bits per heavy atom. The summed E-state index contributed by atoms with van der Waals surface area (Å²) in [6.45, 7) is 2.37. The van der Waals surface area contributed by atoms with Crippen LogP contribution in [0.3, 0.4) is 0 Å². The van der Waals surface area contributed by atoms with Crippen molar-refractivity contribution in [3.63, 3.8) is 0 Å². The fraction of sp³-hybridized carbons (Fsp3) is 0.200. The number of piperazine rings is 1. The number of nitrogens with one attached hydrogen (secondary N) is 2. The minimum absolute atomic E-state index is 0.238. The van der Waals surface area contributed by atoms with E-state index in [9.17, 15) is 9.18 Å². The second-order valence-corrected chi connectivity index (χ2v) is 6.55. The molecule has 3 aromatic rings. The van der Waals surface area contributed by atoms with Crippen molar-refractivity contribution in [3.05, 3.63) is 66.7 Å².